The Hall–Kier alpha value is -1.06. The van der Waals surface area contributed by atoms with Gasteiger partial charge in [0.05, 0.1) is 5.84 Å². The lowest BCUT2D eigenvalue weighted by molar-refractivity contribution is -0.122. The Bertz CT molecular complexity index is 239. The van der Waals surface area contributed by atoms with E-state index in [1.807, 2.05) is 34.6 Å². The van der Waals surface area contributed by atoms with Gasteiger partial charge in [-0.1, -0.05) is 13.8 Å². The zero-order valence-corrected chi connectivity index (χ0v) is 10.4. The van der Waals surface area contributed by atoms with Crippen LogP contribution in [0.25, 0.3) is 0 Å². The number of amides is 1. The van der Waals surface area contributed by atoms with E-state index < -0.39 is 0 Å². The third kappa shape index (κ3) is 7.97. The van der Waals surface area contributed by atoms with Crippen LogP contribution in [-0.2, 0) is 4.79 Å². The predicted molar refractivity (Wildman–Crippen MR) is 63.8 cm³/mol. The average molecular weight is 213 g/mol. The van der Waals surface area contributed by atoms with E-state index in [-0.39, 0.29) is 17.4 Å². The predicted octanol–water partition coefficient (Wildman–Crippen LogP) is 1.30. The molecule has 0 unspecified atom stereocenters. The number of nitrogens with two attached hydrogens (primary N) is 1. The summed E-state index contributed by atoms with van der Waals surface area (Å²) in [7, 11) is 0. The van der Waals surface area contributed by atoms with Crippen molar-refractivity contribution in [3.8, 4) is 0 Å². The molecule has 0 fully saturated rings. The molecule has 0 aliphatic rings. The third-order valence-corrected chi connectivity index (χ3v) is 1.74. The van der Waals surface area contributed by atoms with Gasteiger partial charge < -0.3 is 11.1 Å². The van der Waals surface area contributed by atoms with Gasteiger partial charge in [0, 0.05) is 24.4 Å². The van der Waals surface area contributed by atoms with Gasteiger partial charge in [-0.25, -0.2) is 0 Å². The lowest BCUT2D eigenvalue weighted by Crippen LogP contribution is -2.40. The maximum absolute atomic E-state index is 11.4. The lowest BCUT2D eigenvalue weighted by atomic mass is 10.1. The van der Waals surface area contributed by atoms with Crippen molar-refractivity contribution in [1.82, 2.24) is 5.32 Å². The molecular weight excluding hydrogens is 190 g/mol. The Balaban J connectivity index is 3.88. The minimum atomic E-state index is -0.176. The van der Waals surface area contributed by atoms with Crippen LogP contribution in [0.3, 0.4) is 0 Å². The number of rotatable bonds is 4. The van der Waals surface area contributed by atoms with Crippen molar-refractivity contribution in [3.63, 3.8) is 0 Å². The Kier molecular flexibility index (Phi) is 5.33. The second-order valence-electron chi connectivity index (χ2n) is 5.01. The van der Waals surface area contributed by atoms with Crippen LogP contribution in [0.5, 0.6) is 0 Å². The van der Waals surface area contributed by atoms with Crippen LogP contribution >= 0.6 is 0 Å². The summed E-state index contributed by atoms with van der Waals surface area (Å²) in [4.78, 5) is 15.5. The molecule has 0 saturated carbocycles. The fourth-order valence-corrected chi connectivity index (χ4v) is 0.950. The van der Waals surface area contributed by atoms with Crippen LogP contribution in [0.15, 0.2) is 4.99 Å². The van der Waals surface area contributed by atoms with E-state index >= 15 is 0 Å². The molecule has 88 valence electrons. The molecular formula is C11H23N3O. The third-order valence-electron chi connectivity index (χ3n) is 1.74. The van der Waals surface area contributed by atoms with Crippen LogP contribution in [-0.4, -0.2) is 23.8 Å². The van der Waals surface area contributed by atoms with Crippen LogP contribution in [0.2, 0.25) is 0 Å². The minimum Gasteiger partial charge on any atom is -0.387 e. The summed E-state index contributed by atoms with van der Waals surface area (Å²) in [5, 5.41) is 2.87. The van der Waals surface area contributed by atoms with Gasteiger partial charge in [-0.05, 0) is 20.8 Å². The van der Waals surface area contributed by atoms with Crippen molar-refractivity contribution >= 4 is 11.7 Å². The van der Waals surface area contributed by atoms with Gasteiger partial charge in [0.15, 0.2) is 0 Å². The topological polar surface area (TPSA) is 67.5 Å². The molecule has 0 aromatic heterocycles. The molecule has 3 N–H and O–H groups in total. The highest BCUT2D eigenvalue weighted by Gasteiger charge is 2.12. The number of hydrogen-bond donors (Lipinski definition) is 2. The molecule has 4 heteroatoms. The van der Waals surface area contributed by atoms with Crippen molar-refractivity contribution < 1.29 is 4.79 Å². The molecule has 0 heterocycles. The summed E-state index contributed by atoms with van der Waals surface area (Å²) in [6, 6.07) is 0. The molecule has 0 aliphatic carbocycles. The molecule has 4 nitrogen and oxygen atoms in total. The first kappa shape index (κ1) is 13.9. The highest BCUT2D eigenvalue weighted by atomic mass is 16.1. The van der Waals surface area contributed by atoms with Crippen LogP contribution in [0.4, 0.5) is 0 Å². The molecule has 0 radical (unpaired) electrons. The molecule has 0 aromatic rings. The number of hydrogen-bond acceptors (Lipinski definition) is 2. The highest BCUT2D eigenvalue weighted by Crippen LogP contribution is 1.99. The SMILES string of the molecule is CC(C)C(N)=NCCC(=O)NC(C)(C)C. The first-order valence-corrected chi connectivity index (χ1v) is 5.33. The summed E-state index contributed by atoms with van der Waals surface area (Å²) in [6.45, 7) is 10.3. The number of nitrogens with zero attached hydrogens (tertiary/aromatic N) is 1. The van der Waals surface area contributed by atoms with Crippen LogP contribution < -0.4 is 11.1 Å². The van der Waals surface area contributed by atoms with Crippen LogP contribution in [0.1, 0.15) is 41.0 Å². The molecule has 0 spiro atoms. The first-order chi connectivity index (χ1) is 6.72. The Morgan fingerprint density at radius 2 is 1.93 bits per heavy atom. The molecule has 0 atom stereocenters. The van der Waals surface area contributed by atoms with Gasteiger partial charge in [0.2, 0.25) is 5.91 Å². The quantitative estimate of drug-likeness (QED) is 0.546. The van der Waals surface area contributed by atoms with E-state index in [2.05, 4.69) is 10.3 Å². The van der Waals surface area contributed by atoms with Gasteiger partial charge >= 0.3 is 0 Å². The van der Waals surface area contributed by atoms with E-state index in [1.165, 1.54) is 0 Å². The van der Waals surface area contributed by atoms with Gasteiger partial charge in [-0.2, -0.15) is 0 Å². The fraction of sp³-hybridized carbons (Fsp3) is 0.818. The number of carbonyl (C=O) groups is 1. The van der Waals surface area contributed by atoms with E-state index in [1.54, 1.807) is 0 Å². The average Bonchev–Trinajstić information content (AvgIpc) is 2.00. The summed E-state index contributed by atoms with van der Waals surface area (Å²) < 4.78 is 0. The molecule has 0 aromatic carbocycles. The maximum atomic E-state index is 11.4. The Labute approximate surface area is 92.3 Å². The number of amidine groups is 1. The van der Waals surface area contributed by atoms with Crippen molar-refractivity contribution in [2.75, 3.05) is 6.54 Å². The zero-order valence-electron chi connectivity index (χ0n) is 10.4. The number of aliphatic imine (C=N–C) groups is 1. The Morgan fingerprint density at radius 3 is 2.33 bits per heavy atom. The zero-order chi connectivity index (χ0) is 12.1. The first-order valence-electron chi connectivity index (χ1n) is 5.33. The second-order valence-corrected chi connectivity index (χ2v) is 5.01. The summed E-state index contributed by atoms with van der Waals surface area (Å²) in [6.07, 6.45) is 0.394. The van der Waals surface area contributed by atoms with E-state index in [0.717, 1.165) is 0 Å². The Morgan fingerprint density at radius 1 is 1.40 bits per heavy atom. The fourth-order valence-electron chi connectivity index (χ4n) is 0.950. The van der Waals surface area contributed by atoms with Crippen molar-refractivity contribution in [3.05, 3.63) is 0 Å². The molecule has 0 rings (SSSR count). The normalized spacial score (nSPS) is 13.1. The largest absolute Gasteiger partial charge is 0.387 e. The van der Waals surface area contributed by atoms with E-state index in [9.17, 15) is 4.79 Å². The summed E-state index contributed by atoms with van der Waals surface area (Å²) in [5.41, 5.74) is 5.47. The second kappa shape index (κ2) is 5.73. The monoisotopic (exact) mass is 213 g/mol. The highest BCUT2D eigenvalue weighted by molar-refractivity contribution is 5.82. The molecule has 0 aliphatic heterocycles. The molecule has 0 bridgehead atoms. The summed E-state index contributed by atoms with van der Waals surface area (Å²) >= 11 is 0. The lowest BCUT2D eigenvalue weighted by Gasteiger charge is -2.20. The van der Waals surface area contributed by atoms with Gasteiger partial charge in [-0.3, -0.25) is 9.79 Å². The molecule has 0 saturated heterocycles. The van der Waals surface area contributed by atoms with Crippen molar-refractivity contribution in [2.24, 2.45) is 16.6 Å². The van der Waals surface area contributed by atoms with Crippen LogP contribution in [0, 0.1) is 5.92 Å². The van der Waals surface area contributed by atoms with E-state index in [4.69, 9.17) is 5.73 Å². The number of carbonyl (C=O) groups excluding carboxylic acids is 1. The van der Waals surface area contributed by atoms with Gasteiger partial charge in [0.1, 0.15) is 0 Å². The minimum absolute atomic E-state index is 0.0165. The van der Waals surface area contributed by atoms with Gasteiger partial charge in [0.25, 0.3) is 0 Å². The van der Waals surface area contributed by atoms with Crippen molar-refractivity contribution in [1.29, 1.82) is 0 Å². The maximum Gasteiger partial charge on any atom is 0.222 e. The standard InChI is InChI=1S/C11H23N3O/c1-8(2)10(12)13-7-6-9(15)14-11(3,4)5/h8H,6-7H2,1-5H3,(H2,12,13)(H,14,15). The smallest absolute Gasteiger partial charge is 0.222 e. The molecule has 15 heavy (non-hydrogen) atoms. The van der Waals surface area contributed by atoms with Gasteiger partial charge in [-0.15, -0.1) is 0 Å². The number of nitrogens with one attached hydrogen (secondary N) is 1. The molecule has 1 amide bonds. The van der Waals surface area contributed by atoms with E-state index in [0.29, 0.717) is 18.8 Å². The summed E-state index contributed by atoms with van der Waals surface area (Å²) in [5.74, 6) is 0.872. The van der Waals surface area contributed by atoms with Crippen molar-refractivity contribution in [2.45, 2.75) is 46.6 Å².